The number of anilines is 2. The highest BCUT2D eigenvalue weighted by Gasteiger charge is 2.43. The number of nitrogens with zero attached hydrogens (tertiary/aromatic N) is 6. The summed E-state index contributed by atoms with van der Waals surface area (Å²) in [6, 6.07) is 14.1. The maximum absolute atomic E-state index is 14.7. The van der Waals surface area contributed by atoms with E-state index in [1.807, 2.05) is 51.1 Å². The molecule has 4 heterocycles. The molecule has 1 aliphatic heterocycles. The van der Waals surface area contributed by atoms with Crippen LogP contribution in [0.25, 0.3) is 11.5 Å². The van der Waals surface area contributed by atoms with Gasteiger partial charge in [-0.3, -0.25) is 28.8 Å². The Morgan fingerprint density at radius 3 is 2.22 bits per heavy atom. The van der Waals surface area contributed by atoms with Crippen LogP contribution in [0.5, 0.6) is 5.75 Å². The van der Waals surface area contributed by atoms with Gasteiger partial charge in [-0.05, 0) is 106 Å². The largest absolute Gasteiger partial charge is 0.491 e. The molecule has 2 aromatic carbocycles. The van der Waals surface area contributed by atoms with Crippen LogP contribution < -0.4 is 36.2 Å². The summed E-state index contributed by atoms with van der Waals surface area (Å²) in [6.07, 6.45) is 0.906. The van der Waals surface area contributed by atoms with Gasteiger partial charge in [-0.15, -0.1) is 0 Å². The number of pyridine rings is 1. The molecule has 5 N–H and O–H groups in total. The van der Waals surface area contributed by atoms with Gasteiger partial charge in [0, 0.05) is 51.1 Å². The normalized spacial score (nSPS) is 15.8. The number of rotatable bonds is 29. The number of likely N-dealkylation sites (N-methyl/N-ethyl adjacent to an activating group) is 1. The van der Waals surface area contributed by atoms with E-state index in [9.17, 15) is 37.1 Å². The Morgan fingerprint density at radius 1 is 0.851 bits per heavy atom. The Hall–Kier alpha value is -7.49. The second-order valence-electron chi connectivity index (χ2n) is 23.3. The topological polar surface area (TPSA) is 264 Å². The molecule has 0 spiro atoms. The maximum Gasteiger partial charge on any atom is 0.416 e. The second-order valence-corrected chi connectivity index (χ2v) is 23.3. The molecule has 0 saturated heterocycles. The number of amides is 5. The molecular formula is C61H82F3N11O12. The summed E-state index contributed by atoms with van der Waals surface area (Å²) < 4.78 is 81.5. The molecule has 0 radical (unpaired) electrons. The van der Waals surface area contributed by atoms with Crippen molar-refractivity contribution in [2.75, 3.05) is 89.8 Å². The van der Waals surface area contributed by atoms with Gasteiger partial charge < -0.3 is 64.3 Å². The number of nitrogens with one attached hydrogen (secondary N) is 5. The zero-order valence-electron chi connectivity index (χ0n) is 51.0. The number of benzene rings is 2. The predicted octanol–water partition coefficient (Wildman–Crippen LogP) is 6.85. The summed E-state index contributed by atoms with van der Waals surface area (Å²) in [6.45, 7) is 14.4. The van der Waals surface area contributed by atoms with Gasteiger partial charge in [-0.25, -0.2) is 14.8 Å². The number of carbonyl (C=O) groups is 5. The molecule has 2 aliphatic rings. The Balaban J connectivity index is 0.768. The number of halogens is 3. The first-order chi connectivity index (χ1) is 41.4. The molecule has 87 heavy (non-hydrogen) atoms. The van der Waals surface area contributed by atoms with Gasteiger partial charge in [0.15, 0.2) is 5.69 Å². The molecule has 0 saturated carbocycles. The van der Waals surface area contributed by atoms with E-state index in [-0.39, 0.29) is 59.9 Å². The lowest BCUT2D eigenvalue weighted by Gasteiger charge is -2.41. The lowest BCUT2D eigenvalue weighted by molar-refractivity contribution is -0.147. The monoisotopic (exact) mass is 1220 g/mol. The van der Waals surface area contributed by atoms with Gasteiger partial charge in [0.05, 0.1) is 76.3 Å². The van der Waals surface area contributed by atoms with Crippen LogP contribution in [-0.4, -0.2) is 164 Å². The third-order valence-electron chi connectivity index (χ3n) is 14.2. The molecule has 3 aromatic heterocycles. The summed E-state index contributed by atoms with van der Waals surface area (Å²) in [5, 5.41) is 19.6. The average molecular weight is 1220 g/mol. The zero-order chi connectivity index (χ0) is 62.9. The standard InChI is InChI=1S/C61H82F3N11O12/c1-39(65-8)53(76)71-52(59(2,3)4)57(79)74-35-43-31-44(18-17-41(43)32-50(74)55(78)68-46-16-12-14-40-13-10-11-15-45(40)46)85-30-29-84-28-27-83-26-25-82-24-23-81-22-21-66-34-47-48(36-73(9)72-47)69-54(77)49-37-86-56(70-49)42-19-20-67-51(33-42)75(38-61(62,63)64)58(80)87-60(5,6)7/h10-11,13,15,17-20,31,33,36-37,39,46,50,52,65-66H,12,14,16,21-30,32,34-35,38H2,1-9H3,(H,68,78)(H,69,77)(H,71,76)/t39?,46-,50+,52?/m1/s1. The highest BCUT2D eigenvalue weighted by Crippen LogP contribution is 2.34. The second kappa shape index (κ2) is 30.9. The van der Waals surface area contributed by atoms with Gasteiger partial charge in [-0.1, -0.05) is 51.1 Å². The Labute approximate surface area is 505 Å². The quantitative estimate of drug-likeness (QED) is 0.0307. The smallest absolute Gasteiger partial charge is 0.416 e. The van der Waals surface area contributed by atoms with Crippen LogP contribution in [0.1, 0.15) is 106 Å². The van der Waals surface area contributed by atoms with E-state index in [2.05, 4.69) is 53.8 Å². The number of hydrogen-bond donors (Lipinski definition) is 5. The fourth-order valence-electron chi connectivity index (χ4n) is 9.73. The molecule has 23 nitrogen and oxygen atoms in total. The highest BCUT2D eigenvalue weighted by molar-refractivity contribution is 6.03. The van der Waals surface area contributed by atoms with Crippen LogP contribution in [0.15, 0.2) is 77.7 Å². The van der Waals surface area contributed by atoms with Crippen molar-refractivity contribution >= 4 is 41.2 Å². The third kappa shape index (κ3) is 20.0. The van der Waals surface area contributed by atoms with Gasteiger partial charge in [0.1, 0.15) is 48.7 Å². The van der Waals surface area contributed by atoms with Crippen molar-refractivity contribution in [1.29, 1.82) is 0 Å². The van der Waals surface area contributed by atoms with E-state index >= 15 is 0 Å². The first-order valence-electron chi connectivity index (χ1n) is 29.1. The Morgan fingerprint density at radius 2 is 1.54 bits per heavy atom. The van der Waals surface area contributed by atoms with Crippen LogP contribution in [0.3, 0.4) is 0 Å². The van der Waals surface area contributed by atoms with Crippen LogP contribution in [0.4, 0.5) is 29.5 Å². The predicted molar refractivity (Wildman–Crippen MR) is 316 cm³/mol. The molecule has 4 atom stereocenters. The van der Waals surface area contributed by atoms with Crippen LogP contribution >= 0.6 is 0 Å². The van der Waals surface area contributed by atoms with Gasteiger partial charge >= 0.3 is 12.3 Å². The third-order valence-corrected chi connectivity index (χ3v) is 14.2. The highest BCUT2D eigenvalue weighted by atomic mass is 19.4. The minimum absolute atomic E-state index is 0.0964. The summed E-state index contributed by atoms with van der Waals surface area (Å²) in [5.74, 6) is -1.35. The lowest BCUT2D eigenvalue weighted by Crippen LogP contribution is -2.62. The van der Waals surface area contributed by atoms with E-state index < -0.39 is 53.9 Å². The minimum atomic E-state index is -4.76. The molecule has 0 bridgehead atoms. The van der Waals surface area contributed by atoms with E-state index in [4.69, 9.17) is 32.8 Å². The van der Waals surface area contributed by atoms with Crippen molar-refractivity contribution in [3.8, 4) is 17.2 Å². The van der Waals surface area contributed by atoms with Crippen LogP contribution in [0, 0.1) is 5.41 Å². The molecular weight excluding hydrogens is 1140 g/mol. The number of carbonyl (C=O) groups excluding carboxylic acids is 5. The molecule has 7 rings (SSSR count). The molecule has 5 amide bonds. The molecule has 474 valence electrons. The van der Waals surface area contributed by atoms with Gasteiger partial charge in [-0.2, -0.15) is 18.3 Å². The lowest BCUT2D eigenvalue weighted by atomic mass is 9.83. The van der Waals surface area contributed by atoms with E-state index in [0.29, 0.717) is 94.4 Å². The number of fused-ring (bicyclic) bond motifs is 2. The first kappa shape index (κ1) is 67.0. The van der Waals surface area contributed by atoms with E-state index in [1.54, 1.807) is 32.1 Å². The maximum atomic E-state index is 14.7. The van der Waals surface area contributed by atoms with Crippen molar-refractivity contribution in [1.82, 2.24) is 45.9 Å². The number of hydrogen-bond acceptors (Lipinski definition) is 17. The van der Waals surface area contributed by atoms with E-state index in [0.717, 1.165) is 42.2 Å². The average Bonchev–Trinajstić information content (AvgIpc) is 1.66. The SMILES string of the molecule is CNC(C)C(=O)NC(C(=O)N1Cc2cc(OCCOCCOCCOCCOCCNCc3nn(C)cc3NC(=O)c3coc(-c4ccnc(N(CC(F)(F)F)C(=O)OC(C)(C)C)c4)n3)ccc2C[C@H]1C(=O)N[C@@H]1CCCc2ccccc21)C(C)(C)C. The number of ether oxygens (including phenoxy) is 6. The Bertz CT molecular complexity index is 3110. The van der Waals surface area contributed by atoms with Crippen LogP contribution in [0.2, 0.25) is 0 Å². The van der Waals surface area contributed by atoms with Crippen molar-refractivity contribution in [3.05, 3.63) is 107 Å². The number of oxazole rings is 1. The number of aromatic nitrogens is 4. The first-order valence-corrected chi connectivity index (χ1v) is 29.1. The van der Waals surface area contributed by atoms with Crippen molar-refractivity contribution in [2.24, 2.45) is 12.5 Å². The van der Waals surface area contributed by atoms with Crippen LogP contribution in [-0.2, 0) is 71.0 Å². The number of aryl methyl sites for hydroxylation is 2. The van der Waals surface area contributed by atoms with Gasteiger partial charge in [0.2, 0.25) is 23.6 Å². The van der Waals surface area contributed by atoms with Crippen molar-refractivity contribution in [2.45, 2.75) is 123 Å². The zero-order valence-corrected chi connectivity index (χ0v) is 51.0. The van der Waals surface area contributed by atoms with Crippen molar-refractivity contribution < 1.29 is 70.0 Å². The Kier molecular flexibility index (Phi) is 23.8. The molecule has 0 fully saturated rings. The molecule has 2 unspecified atom stereocenters. The van der Waals surface area contributed by atoms with Crippen molar-refractivity contribution in [3.63, 3.8) is 0 Å². The number of alkyl halides is 3. The minimum Gasteiger partial charge on any atom is -0.491 e. The molecule has 5 aromatic rings. The van der Waals surface area contributed by atoms with Gasteiger partial charge in [0.25, 0.3) is 5.91 Å². The summed E-state index contributed by atoms with van der Waals surface area (Å²) in [5.41, 5.74) is 3.37. The van der Waals surface area contributed by atoms with E-state index in [1.165, 1.54) is 49.3 Å². The fraction of sp³-hybridized carbons (Fsp3) is 0.541. The fourth-order valence-corrected chi connectivity index (χ4v) is 9.73. The summed E-state index contributed by atoms with van der Waals surface area (Å²) >= 11 is 0. The molecule has 26 heteroatoms. The summed E-state index contributed by atoms with van der Waals surface area (Å²) in [7, 11) is 3.38. The molecule has 1 aliphatic carbocycles. The summed E-state index contributed by atoms with van der Waals surface area (Å²) in [4.78, 5) is 78.4.